The van der Waals surface area contributed by atoms with E-state index in [1.165, 1.54) is 7.11 Å². The number of ether oxygens (including phenoxy) is 2. The zero-order chi connectivity index (χ0) is 12.6. The third-order valence-corrected chi connectivity index (χ3v) is 2.65. The fourth-order valence-corrected chi connectivity index (χ4v) is 1.92. The topological polar surface area (TPSA) is 114 Å². The molecule has 1 unspecified atom stereocenters. The second-order valence-corrected chi connectivity index (χ2v) is 4.33. The second kappa shape index (κ2) is 7.39. The van der Waals surface area contributed by atoms with Gasteiger partial charge in [0.15, 0.2) is 0 Å². The zero-order valence-corrected chi connectivity index (χ0v) is 9.91. The standard InChI is InChI=1S/C7H16N2O6S/c1-14-5-6(3-4-10)8-16(12,13)9-7(11)15-2/h6,8,10H,3-5H2,1-2H3,(H,9,11). The van der Waals surface area contributed by atoms with E-state index < -0.39 is 22.3 Å². The normalized spacial score (nSPS) is 13.2. The molecular formula is C7H16N2O6S. The molecule has 0 aliphatic rings. The van der Waals surface area contributed by atoms with Crippen molar-refractivity contribution >= 4 is 16.3 Å². The Morgan fingerprint density at radius 2 is 2.06 bits per heavy atom. The molecule has 0 heterocycles. The molecule has 0 spiro atoms. The summed E-state index contributed by atoms with van der Waals surface area (Å²) >= 11 is 0. The average Bonchev–Trinajstić information content (AvgIpc) is 2.17. The van der Waals surface area contributed by atoms with Gasteiger partial charge in [-0.15, -0.1) is 0 Å². The summed E-state index contributed by atoms with van der Waals surface area (Å²) in [6.45, 7) is -0.114. The molecule has 0 aromatic heterocycles. The third kappa shape index (κ3) is 6.56. The molecule has 0 bridgehead atoms. The fraction of sp³-hybridized carbons (Fsp3) is 0.857. The van der Waals surface area contributed by atoms with Crippen LogP contribution in [0.25, 0.3) is 0 Å². The van der Waals surface area contributed by atoms with Gasteiger partial charge < -0.3 is 14.6 Å². The largest absolute Gasteiger partial charge is 0.452 e. The van der Waals surface area contributed by atoms with Crippen LogP contribution in [0.3, 0.4) is 0 Å². The van der Waals surface area contributed by atoms with E-state index in [4.69, 9.17) is 9.84 Å². The highest BCUT2D eigenvalue weighted by Gasteiger charge is 2.19. The Balaban J connectivity index is 4.35. The van der Waals surface area contributed by atoms with Crippen LogP contribution >= 0.6 is 0 Å². The Morgan fingerprint density at radius 3 is 2.50 bits per heavy atom. The number of carbonyl (C=O) groups is 1. The third-order valence-electron chi connectivity index (χ3n) is 1.57. The van der Waals surface area contributed by atoms with Crippen LogP contribution in [0.15, 0.2) is 0 Å². The van der Waals surface area contributed by atoms with Crippen molar-refractivity contribution in [1.29, 1.82) is 0 Å². The summed E-state index contributed by atoms with van der Waals surface area (Å²) in [5, 5.41) is 8.69. The van der Waals surface area contributed by atoms with E-state index in [-0.39, 0.29) is 19.6 Å². The number of rotatable bonds is 7. The molecular weight excluding hydrogens is 240 g/mol. The molecule has 16 heavy (non-hydrogen) atoms. The van der Waals surface area contributed by atoms with Gasteiger partial charge in [0, 0.05) is 19.8 Å². The maximum absolute atomic E-state index is 11.3. The maximum atomic E-state index is 11.3. The van der Waals surface area contributed by atoms with Crippen molar-refractivity contribution in [2.45, 2.75) is 12.5 Å². The molecule has 0 fully saturated rings. The van der Waals surface area contributed by atoms with Crippen LogP contribution < -0.4 is 9.44 Å². The molecule has 0 aliphatic heterocycles. The number of amides is 1. The number of methoxy groups -OCH3 is 2. The van der Waals surface area contributed by atoms with Crippen molar-refractivity contribution in [3.05, 3.63) is 0 Å². The molecule has 8 nitrogen and oxygen atoms in total. The lowest BCUT2D eigenvalue weighted by molar-refractivity contribution is 0.157. The first-order valence-electron chi connectivity index (χ1n) is 4.43. The summed E-state index contributed by atoms with van der Waals surface area (Å²) in [5.74, 6) is 0. The van der Waals surface area contributed by atoms with Gasteiger partial charge in [0.25, 0.3) is 0 Å². The van der Waals surface area contributed by atoms with E-state index in [0.29, 0.717) is 0 Å². The number of aliphatic hydroxyl groups excluding tert-OH is 1. The molecule has 0 saturated carbocycles. The van der Waals surface area contributed by atoms with Gasteiger partial charge >= 0.3 is 16.3 Å². The fourth-order valence-electron chi connectivity index (χ4n) is 0.934. The van der Waals surface area contributed by atoms with Gasteiger partial charge in [-0.1, -0.05) is 0 Å². The molecule has 0 aliphatic carbocycles. The predicted molar refractivity (Wildman–Crippen MR) is 55.0 cm³/mol. The molecule has 0 aromatic rings. The first kappa shape index (κ1) is 15.1. The lowest BCUT2D eigenvalue weighted by Crippen LogP contribution is -2.46. The van der Waals surface area contributed by atoms with Crippen molar-refractivity contribution in [3.63, 3.8) is 0 Å². The second-order valence-electron chi connectivity index (χ2n) is 2.88. The maximum Gasteiger partial charge on any atom is 0.421 e. The van der Waals surface area contributed by atoms with E-state index in [0.717, 1.165) is 7.11 Å². The molecule has 0 saturated heterocycles. The SMILES string of the molecule is COCC(CCO)NS(=O)(=O)NC(=O)OC. The van der Waals surface area contributed by atoms with Crippen molar-refractivity contribution in [3.8, 4) is 0 Å². The molecule has 96 valence electrons. The summed E-state index contributed by atoms with van der Waals surface area (Å²) in [6, 6.07) is -0.614. The van der Waals surface area contributed by atoms with Crippen LogP contribution in [-0.4, -0.2) is 53.1 Å². The first-order chi connectivity index (χ1) is 7.45. The molecule has 9 heteroatoms. The molecule has 0 aromatic carbocycles. The Labute approximate surface area is 94.1 Å². The van der Waals surface area contributed by atoms with E-state index in [1.807, 2.05) is 0 Å². The Hall–Kier alpha value is -0.900. The van der Waals surface area contributed by atoms with E-state index in [2.05, 4.69) is 9.46 Å². The van der Waals surface area contributed by atoms with Gasteiger partial charge in [-0.2, -0.15) is 13.1 Å². The zero-order valence-electron chi connectivity index (χ0n) is 9.10. The Bertz CT molecular complexity index is 298. The molecule has 0 rings (SSSR count). The number of hydrogen-bond acceptors (Lipinski definition) is 6. The lowest BCUT2D eigenvalue weighted by atomic mass is 10.2. The lowest BCUT2D eigenvalue weighted by Gasteiger charge is -2.16. The van der Waals surface area contributed by atoms with Gasteiger partial charge in [-0.05, 0) is 6.42 Å². The average molecular weight is 256 g/mol. The van der Waals surface area contributed by atoms with E-state index >= 15 is 0 Å². The molecule has 3 N–H and O–H groups in total. The quantitative estimate of drug-likeness (QED) is 0.515. The highest BCUT2D eigenvalue weighted by Crippen LogP contribution is 1.94. The van der Waals surface area contributed by atoms with Crippen LogP contribution in [0, 0.1) is 0 Å². The van der Waals surface area contributed by atoms with E-state index in [9.17, 15) is 13.2 Å². The van der Waals surface area contributed by atoms with Crippen LogP contribution in [0.4, 0.5) is 4.79 Å². The molecule has 1 amide bonds. The van der Waals surface area contributed by atoms with Crippen molar-refractivity contribution in [2.75, 3.05) is 27.4 Å². The van der Waals surface area contributed by atoms with Crippen LogP contribution in [0.1, 0.15) is 6.42 Å². The Kier molecular flexibility index (Phi) is 6.97. The van der Waals surface area contributed by atoms with Gasteiger partial charge in [0.05, 0.1) is 13.7 Å². The highest BCUT2D eigenvalue weighted by atomic mass is 32.2. The molecule has 0 radical (unpaired) electrons. The summed E-state index contributed by atoms with van der Waals surface area (Å²) in [4.78, 5) is 10.7. The summed E-state index contributed by atoms with van der Waals surface area (Å²) < 4.78 is 35.2. The monoisotopic (exact) mass is 256 g/mol. The molecule has 1 atom stereocenters. The van der Waals surface area contributed by atoms with Gasteiger partial charge in [0.1, 0.15) is 0 Å². The summed E-state index contributed by atoms with van der Waals surface area (Å²) in [5.41, 5.74) is 0. The van der Waals surface area contributed by atoms with Crippen molar-refractivity contribution < 1.29 is 27.8 Å². The van der Waals surface area contributed by atoms with Crippen LogP contribution in [-0.2, 0) is 19.7 Å². The van der Waals surface area contributed by atoms with Crippen molar-refractivity contribution in [1.82, 2.24) is 9.44 Å². The highest BCUT2D eigenvalue weighted by molar-refractivity contribution is 7.88. The first-order valence-corrected chi connectivity index (χ1v) is 5.91. The van der Waals surface area contributed by atoms with Crippen LogP contribution in [0.2, 0.25) is 0 Å². The summed E-state index contributed by atoms with van der Waals surface area (Å²) in [7, 11) is -1.56. The number of carbonyl (C=O) groups excluding carboxylic acids is 1. The number of nitrogens with one attached hydrogen (secondary N) is 2. The summed E-state index contributed by atoms with van der Waals surface area (Å²) in [6.07, 6.45) is -0.914. The van der Waals surface area contributed by atoms with Gasteiger partial charge in [-0.3, -0.25) is 0 Å². The smallest absolute Gasteiger partial charge is 0.421 e. The minimum absolute atomic E-state index is 0.0860. The number of aliphatic hydroxyl groups is 1. The predicted octanol–water partition coefficient (Wildman–Crippen LogP) is -1.43. The minimum atomic E-state index is -4.00. The van der Waals surface area contributed by atoms with Gasteiger partial charge in [0.2, 0.25) is 0 Å². The van der Waals surface area contributed by atoms with E-state index in [1.54, 1.807) is 4.72 Å². The minimum Gasteiger partial charge on any atom is -0.452 e. The van der Waals surface area contributed by atoms with Crippen molar-refractivity contribution in [2.24, 2.45) is 0 Å². The van der Waals surface area contributed by atoms with Gasteiger partial charge in [-0.25, -0.2) is 9.52 Å². The Morgan fingerprint density at radius 1 is 1.44 bits per heavy atom. The number of hydrogen-bond donors (Lipinski definition) is 3. The van der Waals surface area contributed by atoms with Crippen LogP contribution in [0.5, 0.6) is 0 Å².